The van der Waals surface area contributed by atoms with Crippen LogP contribution in [0, 0.1) is 6.92 Å². The van der Waals surface area contributed by atoms with Gasteiger partial charge in [-0.05, 0) is 56.4 Å². The maximum absolute atomic E-state index is 13.1. The smallest absolute Gasteiger partial charge is 0.255 e. The van der Waals surface area contributed by atoms with E-state index in [1.165, 1.54) is 4.90 Å². The number of carbonyl (C=O) groups excluding carboxylic acids is 2. The third kappa shape index (κ3) is 5.45. The lowest BCUT2D eigenvalue weighted by molar-refractivity contribution is -0.136. The summed E-state index contributed by atoms with van der Waals surface area (Å²) in [5, 5.41) is 3.17. The lowest BCUT2D eigenvalue weighted by atomic mass is 9.92. The van der Waals surface area contributed by atoms with Crippen molar-refractivity contribution in [1.29, 1.82) is 0 Å². The van der Waals surface area contributed by atoms with E-state index in [2.05, 4.69) is 15.2 Å². The Hall–Kier alpha value is -3.13. The van der Waals surface area contributed by atoms with Gasteiger partial charge in [-0.3, -0.25) is 9.59 Å². The monoisotopic (exact) mass is 452 g/mol. The van der Waals surface area contributed by atoms with E-state index in [0.29, 0.717) is 24.5 Å². The van der Waals surface area contributed by atoms with Gasteiger partial charge in [0, 0.05) is 26.3 Å². The highest BCUT2D eigenvalue weighted by Crippen LogP contribution is 2.38. The molecule has 33 heavy (non-hydrogen) atoms. The van der Waals surface area contributed by atoms with Gasteiger partial charge in [-0.15, -0.1) is 0 Å². The highest BCUT2D eigenvalue weighted by atomic mass is 16.5. The molecular formula is C25H32N4O4. The third-order valence-electron chi connectivity index (χ3n) is 6.21. The molecule has 0 bridgehead atoms. The number of fused-ring (bicyclic) bond motifs is 1. The summed E-state index contributed by atoms with van der Waals surface area (Å²) in [6, 6.07) is 9.76. The SMILES string of the molecule is Cc1ccc(N2CCOc3c(C(=O)NC4CCC(OCC(=O)N(C)C)CC4)cccc32)nc1. The van der Waals surface area contributed by atoms with Gasteiger partial charge in [0.1, 0.15) is 19.0 Å². The number of likely N-dealkylation sites (N-methyl/N-ethyl adjacent to an activating group) is 1. The Kier molecular flexibility index (Phi) is 7.13. The fourth-order valence-electron chi connectivity index (χ4n) is 4.24. The molecular weight excluding hydrogens is 420 g/mol. The first kappa shape index (κ1) is 23.0. The molecule has 1 aliphatic heterocycles. The molecule has 0 spiro atoms. The van der Waals surface area contributed by atoms with Crippen LogP contribution in [0.1, 0.15) is 41.6 Å². The fourth-order valence-corrected chi connectivity index (χ4v) is 4.24. The summed E-state index contributed by atoms with van der Waals surface area (Å²) in [6.07, 6.45) is 5.19. The molecule has 1 N–H and O–H groups in total. The minimum atomic E-state index is -0.127. The number of para-hydroxylation sites is 1. The summed E-state index contributed by atoms with van der Waals surface area (Å²) in [5.41, 5.74) is 2.50. The maximum Gasteiger partial charge on any atom is 0.255 e. The van der Waals surface area contributed by atoms with E-state index in [1.807, 2.05) is 43.5 Å². The minimum Gasteiger partial charge on any atom is -0.489 e. The number of pyridine rings is 1. The zero-order chi connectivity index (χ0) is 23.4. The molecule has 4 rings (SSSR count). The Bertz CT molecular complexity index is 984. The summed E-state index contributed by atoms with van der Waals surface area (Å²) in [5.74, 6) is 1.28. The van der Waals surface area contributed by atoms with E-state index in [0.717, 1.165) is 42.8 Å². The molecule has 2 aromatic rings. The van der Waals surface area contributed by atoms with E-state index in [-0.39, 0.29) is 30.6 Å². The van der Waals surface area contributed by atoms with Crippen LogP contribution in [-0.4, -0.2) is 67.7 Å². The van der Waals surface area contributed by atoms with E-state index >= 15 is 0 Å². The van der Waals surface area contributed by atoms with Gasteiger partial charge in [-0.2, -0.15) is 0 Å². The topological polar surface area (TPSA) is 84.0 Å². The highest BCUT2D eigenvalue weighted by Gasteiger charge is 2.28. The van der Waals surface area contributed by atoms with E-state index in [9.17, 15) is 9.59 Å². The second-order valence-corrected chi connectivity index (χ2v) is 8.89. The van der Waals surface area contributed by atoms with Crippen LogP contribution in [0.3, 0.4) is 0 Å². The quantitative estimate of drug-likeness (QED) is 0.725. The summed E-state index contributed by atoms with van der Waals surface area (Å²) >= 11 is 0. The lowest BCUT2D eigenvalue weighted by Gasteiger charge is -2.32. The number of rotatable bonds is 6. The van der Waals surface area contributed by atoms with Gasteiger partial charge >= 0.3 is 0 Å². The van der Waals surface area contributed by atoms with Crippen molar-refractivity contribution in [3.8, 4) is 5.75 Å². The number of hydrogen-bond acceptors (Lipinski definition) is 6. The first-order valence-corrected chi connectivity index (χ1v) is 11.5. The van der Waals surface area contributed by atoms with Gasteiger partial charge in [-0.25, -0.2) is 4.98 Å². The number of amides is 2. The summed E-state index contributed by atoms with van der Waals surface area (Å²) < 4.78 is 11.7. The molecule has 0 unspecified atom stereocenters. The number of aryl methyl sites for hydroxylation is 1. The van der Waals surface area contributed by atoms with Crippen LogP contribution in [0.25, 0.3) is 0 Å². The Morgan fingerprint density at radius 3 is 2.67 bits per heavy atom. The van der Waals surface area contributed by atoms with Crippen LogP contribution in [0.15, 0.2) is 36.5 Å². The summed E-state index contributed by atoms with van der Waals surface area (Å²) in [7, 11) is 3.45. The number of nitrogens with one attached hydrogen (secondary N) is 1. The zero-order valence-corrected chi connectivity index (χ0v) is 19.5. The van der Waals surface area contributed by atoms with Crippen molar-refractivity contribution in [3.05, 3.63) is 47.7 Å². The van der Waals surface area contributed by atoms with Gasteiger partial charge in [0.2, 0.25) is 5.91 Å². The molecule has 1 fully saturated rings. The minimum absolute atomic E-state index is 0.0332. The number of ether oxygens (including phenoxy) is 2. The van der Waals surface area contributed by atoms with Gasteiger partial charge in [-0.1, -0.05) is 12.1 Å². The maximum atomic E-state index is 13.1. The van der Waals surface area contributed by atoms with Crippen LogP contribution in [0.4, 0.5) is 11.5 Å². The molecule has 8 nitrogen and oxygen atoms in total. The van der Waals surface area contributed by atoms with E-state index in [1.54, 1.807) is 14.1 Å². The number of anilines is 2. The number of benzene rings is 1. The van der Waals surface area contributed by atoms with Crippen molar-refractivity contribution in [2.45, 2.75) is 44.8 Å². The Balaban J connectivity index is 1.38. The first-order chi connectivity index (χ1) is 15.9. The van der Waals surface area contributed by atoms with Crippen molar-refractivity contribution >= 4 is 23.3 Å². The Morgan fingerprint density at radius 1 is 1.18 bits per heavy atom. The molecule has 1 saturated carbocycles. The van der Waals surface area contributed by atoms with Crippen LogP contribution in [-0.2, 0) is 9.53 Å². The molecule has 8 heteroatoms. The summed E-state index contributed by atoms with van der Waals surface area (Å²) in [4.78, 5) is 33.0. The first-order valence-electron chi connectivity index (χ1n) is 11.5. The second-order valence-electron chi connectivity index (χ2n) is 8.89. The third-order valence-corrected chi connectivity index (χ3v) is 6.21. The van der Waals surface area contributed by atoms with Gasteiger partial charge in [0.25, 0.3) is 5.91 Å². The molecule has 1 aromatic heterocycles. The van der Waals surface area contributed by atoms with Crippen LogP contribution in [0.5, 0.6) is 5.75 Å². The molecule has 2 aliphatic rings. The highest BCUT2D eigenvalue weighted by molar-refractivity contribution is 5.99. The van der Waals surface area contributed by atoms with Crippen molar-refractivity contribution in [2.75, 3.05) is 38.8 Å². The molecule has 2 heterocycles. The number of nitrogens with zero attached hydrogens (tertiary/aromatic N) is 3. The number of aromatic nitrogens is 1. The van der Waals surface area contributed by atoms with Gasteiger partial charge in [0.15, 0.2) is 5.75 Å². The fraction of sp³-hybridized carbons (Fsp3) is 0.480. The number of hydrogen-bond donors (Lipinski definition) is 1. The van der Waals surface area contributed by atoms with Crippen molar-refractivity contribution in [1.82, 2.24) is 15.2 Å². The Morgan fingerprint density at radius 2 is 1.97 bits per heavy atom. The molecule has 2 amide bonds. The predicted octanol–water partition coefficient (Wildman–Crippen LogP) is 3.07. The van der Waals surface area contributed by atoms with E-state index in [4.69, 9.17) is 9.47 Å². The van der Waals surface area contributed by atoms with Gasteiger partial charge < -0.3 is 24.6 Å². The average molecular weight is 453 g/mol. The Labute approximate surface area is 194 Å². The van der Waals surface area contributed by atoms with Crippen LogP contribution >= 0.6 is 0 Å². The summed E-state index contributed by atoms with van der Waals surface area (Å²) in [6.45, 7) is 3.28. The number of carbonyl (C=O) groups is 2. The zero-order valence-electron chi connectivity index (χ0n) is 19.5. The lowest BCUT2D eigenvalue weighted by Crippen LogP contribution is -2.40. The van der Waals surface area contributed by atoms with Crippen molar-refractivity contribution < 1.29 is 19.1 Å². The molecule has 0 radical (unpaired) electrons. The predicted molar refractivity (Wildman–Crippen MR) is 126 cm³/mol. The molecule has 1 aliphatic carbocycles. The van der Waals surface area contributed by atoms with Crippen LogP contribution < -0.4 is 15.0 Å². The second kappa shape index (κ2) is 10.2. The molecule has 0 saturated heterocycles. The van der Waals surface area contributed by atoms with E-state index < -0.39 is 0 Å². The normalized spacial score (nSPS) is 19.9. The molecule has 176 valence electrons. The molecule has 0 atom stereocenters. The largest absolute Gasteiger partial charge is 0.489 e. The average Bonchev–Trinajstić information content (AvgIpc) is 2.83. The van der Waals surface area contributed by atoms with Crippen molar-refractivity contribution in [3.63, 3.8) is 0 Å². The van der Waals surface area contributed by atoms with Gasteiger partial charge in [0.05, 0.1) is 23.9 Å². The van der Waals surface area contributed by atoms with Crippen LogP contribution in [0.2, 0.25) is 0 Å². The standard InChI is InChI=1S/C25H32N4O4/c1-17-7-12-22(26-15-17)29-13-14-32-24-20(5-4-6-21(24)29)25(31)27-18-8-10-19(11-9-18)33-16-23(30)28(2)3/h4-7,12,15,18-19H,8-11,13-14,16H2,1-3H3,(H,27,31). The molecule has 1 aromatic carbocycles. The van der Waals surface area contributed by atoms with Crippen molar-refractivity contribution in [2.24, 2.45) is 0 Å².